The summed E-state index contributed by atoms with van der Waals surface area (Å²) < 4.78 is 6.83. The van der Waals surface area contributed by atoms with E-state index < -0.39 is 41.0 Å². The Kier molecular flexibility index (Phi) is 7.57. The van der Waals surface area contributed by atoms with Gasteiger partial charge in [-0.2, -0.15) is 0 Å². The van der Waals surface area contributed by atoms with Gasteiger partial charge in [-0.05, 0) is 61.9 Å². The van der Waals surface area contributed by atoms with E-state index in [0.717, 1.165) is 11.1 Å². The molecule has 3 aliphatic heterocycles. The molecule has 3 N–H and O–H groups in total. The highest BCUT2D eigenvalue weighted by molar-refractivity contribution is 6.34. The third-order valence-corrected chi connectivity index (χ3v) is 10.0. The number of benzene rings is 3. The molecular weight excluding hydrogens is 566 g/mol. The zero-order chi connectivity index (χ0) is 30.5. The molecule has 1 spiro atoms. The first kappa shape index (κ1) is 29.4. The molecule has 3 heterocycles. The van der Waals surface area contributed by atoms with E-state index in [1.807, 2.05) is 75.4 Å². The highest BCUT2D eigenvalue weighted by Crippen LogP contribution is 2.65. The van der Waals surface area contributed by atoms with Gasteiger partial charge < -0.3 is 25.4 Å². The zero-order valence-electron chi connectivity index (χ0n) is 24.4. The van der Waals surface area contributed by atoms with Crippen LogP contribution < -0.4 is 10.6 Å². The molecule has 3 aromatic carbocycles. The minimum Gasteiger partial charge on any atom is -0.394 e. The summed E-state index contributed by atoms with van der Waals surface area (Å²) in [5.74, 6) is -3.03. The molecule has 9 heteroatoms. The molecule has 8 nitrogen and oxygen atoms in total. The average Bonchev–Trinajstić information content (AvgIpc) is 3.51. The number of ether oxygens (including phenoxy) is 1. The number of carbonyl (C=O) groups excluding carboxylic acids is 3. The number of anilines is 2. The maximum Gasteiger partial charge on any atom is 0.250 e. The minimum absolute atomic E-state index is 0.123. The number of hydrogen-bond donors (Lipinski definition) is 3. The first-order valence-electron chi connectivity index (χ1n) is 14.7. The van der Waals surface area contributed by atoms with E-state index in [-0.39, 0.29) is 24.3 Å². The number of aliphatic hydroxyl groups excluding tert-OH is 1. The number of halogens is 1. The maximum atomic E-state index is 14.6. The maximum absolute atomic E-state index is 14.6. The molecule has 3 fully saturated rings. The second kappa shape index (κ2) is 11.1. The van der Waals surface area contributed by atoms with Gasteiger partial charge in [0.2, 0.25) is 17.7 Å². The van der Waals surface area contributed by atoms with Crippen LogP contribution in [-0.4, -0.2) is 57.6 Å². The molecule has 224 valence electrons. The Morgan fingerprint density at radius 1 is 1.02 bits per heavy atom. The van der Waals surface area contributed by atoms with Crippen molar-refractivity contribution in [3.05, 3.63) is 95.0 Å². The lowest BCUT2D eigenvalue weighted by molar-refractivity contribution is -0.147. The van der Waals surface area contributed by atoms with Crippen LogP contribution in [0.15, 0.2) is 78.9 Å². The first-order valence-corrected chi connectivity index (χ1v) is 15.1. The number of nitrogens with zero attached hydrogens (tertiary/aromatic N) is 1. The lowest BCUT2D eigenvalue weighted by Crippen LogP contribution is -2.57. The first-order chi connectivity index (χ1) is 20.6. The molecule has 3 saturated heterocycles. The molecule has 7 atom stereocenters. The Morgan fingerprint density at radius 3 is 2.35 bits per heavy atom. The Hall–Kier alpha value is -3.72. The van der Waals surface area contributed by atoms with Gasteiger partial charge in [0.25, 0.3) is 0 Å². The number of carbonyl (C=O) groups is 3. The largest absolute Gasteiger partial charge is 0.394 e. The van der Waals surface area contributed by atoms with Crippen LogP contribution in [0.3, 0.4) is 0 Å². The fourth-order valence-corrected chi connectivity index (χ4v) is 7.90. The minimum atomic E-state index is -1.27. The van der Waals surface area contributed by atoms with Crippen molar-refractivity contribution in [2.24, 2.45) is 17.8 Å². The van der Waals surface area contributed by atoms with Crippen molar-refractivity contribution in [3.8, 4) is 0 Å². The molecular formula is C34H36ClN3O5. The predicted molar refractivity (Wildman–Crippen MR) is 165 cm³/mol. The number of likely N-dealkylation sites (tertiary alicyclic amines) is 1. The van der Waals surface area contributed by atoms with Crippen LogP contribution in [0, 0.1) is 24.7 Å². The summed E-state index contributed by atoms with van der Waals surface area (Å²) in [5.41, 5.74) is 0.504. The van der Waals surface area contributed by atoms with Gasteiger partial charge in [0.15, 0.2) is 0 Å². The SMILES string of the molecule is Cc1cccc(Cl)c1NC(=O)C1N([C@@H](CO)Cc2ccccc2)C(=O)[C@@H]2[C@@H](C(=O)Nc3ccccc3)[C@]3(C)OC12CC3C. The summed E-state index contributed by atoms with van der Waals surface area (Å²) >= 11 is 6.50. The van der Waals surface area contributed by atoms with E-state index in [2.05, 4.69) is 10.6 Å². The number of aliphatic hydroxyl groups is 1. The Morgan fingerprint density at radius 2 is 1.70 bits per heavy atom. The molecule has 6 rings (SSSR count). The Bertz CT molecular complexity index is 1530. The summed E-state index contributed by atoms with van der Waals surface area (Å²) in [6.07, 6.45) is 0.739. The molecule has 3 aliphatic rings. The van der Waals surface area contributed by atoms with Gasteiger partial charge in [-0.15, -0.1) is 0 Å². The standard InChI is InChI=1S/C34H36ClN3O5/c1-20-11-10-16-25(35)28(20)37-31(41)29-34-18-21(2)33(3,43-34)26(30(40)36-23-14-8-5-9-15-23)27(34)32(42)38(29)24(19-39)17-22-12-6-4-7-13-22/h4-16,21,24,26-27,29,39H,17-19H2,1-3H3,(H,36,40)(H,37,41)/t21?,24-,26+,27+,29?,33-,34?/m1/s1. The van der Waals surface area contributed by atoms with E-state index in [1.54, 1.807) is 24.3 Å². The van der Waals surface area contributed by atoms with Gasteiger partial charge in [0, 0.05) is 5.69 Å². The van der Waals surface area contributed by atoms with Gasteiger partial charge in [-0.25, -0.2) is 0 Å². The summed E-state index contributed by atoms with van der Waals surface area (Å²) in [6, 6.07) is 22.1. The third kappa shape index (κ3) is 4.72. The molecule has 2 bridgehead atoms. The van der Waals surface area contributed by atoms with E-state index in [4.69, 9.17) is 16.3 Å². The highest BCUT2D eigenvalue weighted by atomic mass is 35.5. The van der Waals surface area contributed by atoms with Crippen LogP contribution in [0.2, 0.25) is 5.02 Å². The van der Waals surface area contributed by atoms with Crippen molar-refractivity contribution in [1.29, 1.82) is 0 Å². The second-order valence-electron chi connectivity index (χ2n) is 12.3. The molecule has 0 aromatic heterocycles. The van der Waals surface area contributed by atoms with Crippen LogP contribution >= 0.6 is 11.6 Å². The molecule has 3 amide bonds. The number of hydrogen-bond acceptors (Lipinski definition) is 5. The number of nitrogens with one attached hydrogen (secondary N) is 2. The van der Waals surface area contributed by atoms with Crippen LogP contribution in [0.1, 0.15) is 31.4 Å². The summed E-state index contributed by atoms with van der Waals surface area (Å²) in [7, 11) is 0. The second-order valence-corrected chi connectivity index (χ2v) is 12.7. The van der Waals surface area contributed by atoms with Gasteiger partial charge in [0.05, 0.1) is 40.8 Å². The predicted octanol–water partition coefficient (Wildman–Crippen LogP) is 4.84. The average molecular weight is 602 g/mol. The number of rotatable bonds is 8. The molecule has 0 saturated carbocycles. The smallest absolute Gasteiger partial charge is 0.250 e. The van der Waals surface area contributed by atoms with Crippen LogP contribution in [0.25, 0.3) is 0 Å². The van der Waals surface area contributed by atoms with Crippen LogP contribution in [0.5, 0.6) is 0 Å². The van der Waals surface area contributed by atoms with Crippen molar-refractivity contribution in [2.45, 2.75) is 56.9 Å². The molecule has 3 aromatic rings. The number of para-hydroxylation sites is 2. The van der Waals surface area contributed by atoms with Crippen molar-refractivity contribution >= 4 is 40.7 Å². The highest BCUT2D eigenvalue weighted by Gasteiger charge is 2.80. The molecule has 0 aliphatic carbocycles. The van der Waals surface area contributed by atoms with Crippen LogP contribution in [0.4, 0.5) is 11.4 Å². The van der Waals surface area contributed by atoms with E-state index in [0.29, 0.717) is 29.2 Å². The quantitative estimate of drug-likeness (QED) is 0.342. The fraction of sp³-hybridized carbons (Fsp3) is 0.382. The summed E-state index contributed by atoms with van der Waals surface area (Å²) in [4.78, 5) is 44.5. The molecule has 43 heavy (non-hydrogen) atoms. The number of amides is 3. The topological polar surface area (TPSA) is 108 Å². The van der Waals surface area contributed by atoms with Crippen molar-refractivity contribution in [1.82, 2.24) is 4.90 Å². The zero-order valence-corrected chi connectivity index (χ0v) is 25.2. The normalized spacial score (nSPS) is 29.8. The third-order valence-electron chi connectivity index (χ3n) is 9.71. The number of aryl methyl sites for hydroxylation is 1. The molecule has 3 unspecified atom stereocenters. The van der Waals surface area contributed by atoms with Crippen molar-refractivity contribution < 1.29 is 24.2 Å². The lowest BCUT2D eigenvalue weighted by Gasteiger charge is -2.37. The van der Waals surface area contributed by atoms with Crippen molar-refractivity contribution in [3.63, 3.8) is 0 Å². The molecule has 0 radical (unpaired) electrons. The van der Waals surface area contributed by atoms with Gasteiger partial charge >= 0.3 is 0 Å². The van der Waals surface area contributed by atoms with E-state index in [1.165, 1.54) is 4.90 Å². The fourth-order valence-electron chi connectivity index (χ4n) is 7.63. The van der Waals surface area contributed by atoms with Crippen LogP contribution in [-0.2, 0) is 25.5 Å². The Balaban J connectivity index is 1.44. The summed E-state index contributed by atoms with van der Waals surface area (Å²) in [5, 5.41) is 17.0. The van der Waals surface area contributed by atoms with E-state index in [9.17, 15) is 19.5 Å². The Labute approximate surface area is 256 Å². The number of fused-ring (bicyclic) bond motifs is 1. The van der Waals surface area contributed by atoms with Gasteiger partial charge in [-0.1, -0.05) is 79.2 Å². The van der Waals surface area contributed by atoms with E-state index >= 15 is 0 Å². The monoisotopic (exact) mass is 601 g/mol. The van der Waals surface area contributed by atoms with Crippen molar-refractivity contribution in [2.75, 3.05) is 17.2 Å². The lowest BCUT2D eigenvalue weighted by atomic mass is 9.62. The summed E-state index contributed by atoms with van der Waals surface area (Å²) in [6.45, 7) is 5.35. The van der Waals surface area contributed by atoms with Gasteiger partial charge in [-0.3, -0.25) is 14.4 Å². The van der Waals surface area contributed by atoms with Gasteiger partial charge in [0.1, 0.15) is 11.6 Å².